The third kappa shape index (κ3) is 3.42. The van der Waals surface area contributed by atoms with Crippen molar-refractivity contribution in [3.8, 4) is 0 Å². The van der Waals surface area contributed by atoms with Gasteiger partial charge in [0, 0.05) is 25.9 Å². The number of carbonyl (C=O) groups excluding carboxylic acids is 2. The molecule has 5 heterocycles. The first-order valence-electron chi connectivity index (χ1n) is 10.0. The number of nitrogens with zero attached hydrogens (tertiary/aromatic N) is 3. The molecule has 0 aliphatic carbocycles. The Hall–Kier alpha value is -3.07. The monoisotopic (exact) mass is 396 g/mol. The van der Waals surface area contributed by atoms with Crippen LogP contribution in [-0.2, 0) is 9.53 Å². The summed E-state index contributed by atoms with van der Waals surface area (Å²) in [5, 5.41) is 9.19. The van der Waals surface area contributed by atoms with Gasteiger partial charge in [-0.2, -0.15) is 0 Å². The zero-order valence-corrected chi connectivity index (χ0v) is 16.0. The Labute approximate surface area is 168 Å². The number of aromatic nitrogens is 1. The zero-order chi connectivity index (χ0) is 19.8. The molecule has 9 heteroatoms. The Morgan fingerprint density at radius 3 is 3.00 bits per heavy atom. The average Bonchev–Trinajstić information content (AvgIpc) is 3.39. The number of ether oxygens (including phenoxy) is 1. The van der Waals surface area contributed by atoms with E-state index in [9.17, 15) is 9.59 Å². The van der Waals surface area contributed by atoms with Crippen LogP contribution in [0.4, 0.5) is 10.6 Å². The maximum Gasteiger partial charge on any atom is 0.328 e. The van der Waals surface area contributed by atoms with Crippen LogP contribution in [0.2, 0.25) is 0 Å². The molecule has 1 aromatic rings. The van der Waals surface area contributed by atoms with Gasteiger partial charge in [0.25, 0.3) is 0 Å². The molecule has 2 fully saturated rings. The highest BCUT2D eigenvalue weighted by Crippen LogP contribution is 2.33. The van der Waals surface area contributed by atoms with Crippen LogP contribution in [0, 0.1) is 0 Å². The Morgan fingerprint density at radius 1 is 1.28 bits per heavy atom. The zero-order valence-electron chi connectivity index (χ0n) is 16.0. The Bertz CT molecular complexity index is 864. The largest absolute Gasteiger partial charge is 0.379 e. The quantitative estimate of drug-likeness (QED) is 0.692. The van der Waals surface area contributed by atoms with Crippen molar-refractivity contribution in [2.75, 3.05) is 31.6 Å². The number of dihydropyridines is 1. The number of allylic oxidation sites excluding steroid dienone is 1. The van der Waals surface area contributed by atoms with Crippen LogP contribution in [0.5, 0.6) is 0 Å². The first-order chi connectivity index (χ1) is 14.2. The molecular weight excluding hydrogens is 372 g/mol. The Morgan fingerprint density at radius 2 is 2.21 bits per heavy atom. The van der Waals surface area contributed by atoms with Crippen molar-refractivity contribution < 1.29 is 14.3 Å². The minimum Gasteiger partial charge on any atom is -0.379 e. The average molecular weight is 396 g/mol. The smallest absolute Gasteiger partial charge is 0.328 e. The Kier molecular flexibility index (Phi) is 4.59. The summed E-state index contributed by atoms with van der Waals surface area (Å²) in [4.78, 5) is 34.0. The van der Waals surface area contributed by atoms with E-state index >= 15 is 0 Å². The molecule has 152 valence electrons. The number of rotatable bonds is 3. The number of fused-ring (bicyclic) bond motifs is 3. The molecule has 5 rings (SSSR count). The molecule has 2 unspecified atom stereocenters. The van der Waals surface area contributed by atoms with E-state index in [4.69, 9.17) is 4.74 Å². The summed E-state index contributed by atoms with van der Waals surface area (Å²) in [6.07, 6.45) is 7.16. The second-order valence-corrected chi connectivity index (χ2v) is 7.69. The molecule has 0 aromatic carbocycles. The van der Waals surface area contributed by atoms with Crippen LogP contribution in [-0.4, -0.2) is 71.2 Å². The van der Waals surface area contributed by atoms with E-state index in [1.165, 1.54) is 0 Å². The molecule has 9 nitrogen and oxygen atoms in total. The minimum atomic E-state index is -0.529. The summed E-state index contributed by atoms with van der Waals surface area (Å²) in [5.74, 6) is 1.07. The maximum atomic E-state index is 13.1. The van der Waals surface area contributed by atoms with Crippen LogP contribution < -0.4 is 16.0 Å². The van der Waals surface area contributed by atoms with Gasteiger partial charge in [0.1, 0.15) is 17.7 Å². The highest BCUT2D eigenvalue weighted by molar-refractivity contribution is 5.91. The molecule has 0 spiro atoms. The predicted octanol–water partition coefficient (Wildman–Crippen LogP) is 0.606. The van der Waals surface area contributed by atoms with Crippen molar-refractivity contribution in [1.82, 2.24) is 25.4 Å². The number of hydrogen-bond donors (Lipinski definition) is 3. The van der Waals surface area contributed by atoms with E-state index in [0.717, 1.165) is 31.6 Å². The standard InChI is InChI=1S/C20H24N6O3/c27-19(22-13-7-10-29-12-13)15-4-5-16-18(23-15)26(14-6-9-25(16)11-14)20(28)24-17-3-1-2-8-21-17/h1-5,8,13-15,23H,6-7,9-12H2,(H,22,27)(H,21,24,28)/t13?,14-,15?/m0/s1. The van der Waals surface area contributed by atoms with Crippen LogP contribution in [0.1, 0.15) is 12.8 Å². The van der Waals surface area contributed by atoms with Gasteiger partial charge >= 0.3 is 6.03 Å². The topological polar surface area (TPSA) is 98.8 Å². The molecular formula is C20H24N6O3. The lowest BCUT2D eigenvalue weighted by molar-refractivity contribution is -0.122. The van der Waals surface area contributed by atoms with Crippen LogP contribution in [0.3, 0.4) is 0 Å². The van der Waals surface area contributed by atoms with Crippen molar-refractivity contribution in [2.45, 2.75) is 31.0 Å². The molecule has 3 amide bonds. The van der Waals surface area contributed by atoms with Crippen LogP contribution in [0.15, 0.2) is 48.1 Å². The summed E-state index contributed by atoms with van der Waals surface area (Å²) in [6.45, 7) is 2.90. The highest BCUT2D eigenvalue weighted by atomic mass is 16.5. The molecule has 29 heavy (non-hydrogen) atoms. The van der Waals surface area contributed by atoms with Gasteiger partial charge in [0.15, 0.2) is 0 Å². The molecule has 3 N–H and O–H groups in total. The van der Waals surface area contributed by atoms with E-state index in [2.05, 4.69) is 25.8 Å². The number of hydrogen-bond acceptors (Lipinski definition) is 6. The molecule has 3 atom stereocenters. The fourth-order valence-corrected chi connectivity index (χ4v) is 4.30. The minimum absolute atomic E-state index is 0.0444. The van der Waals surface area contributed by atoms with Crippen LogP contribution >= 0.6 is 0 Å². The first-order valence-corrected chi connectivity index (χ1v) is 10.0. The van der Waals surface area contributed by atoms with E-state index < -0.39 is 6.04 Å². The molecule has 0 radical (unpaired) electrons. The van der Waals surface area contributed by atoms with Crippen molar-refractivity contribution in [3.63, 3.8) is 0 Å². The van der Waals surface area contributed by atoms with Gasteiger partial charge in [0.05, 0.1) is 24.4 Å². The van der Waals surface area contributed by atoms with Gasteiger partial charge in [-0.25, -0.2) is 9.78 Å². The van der Waals surface area contributed by atoms with Gasteiger partial charge in [-0.3, -0.25) is 15.0 Å². The number of nitrogens with one attached hydrogen (secondary N) is 3. The fraction of sp³-hybridized carbons (Fsp3) is 0.450. The van der Waals surface area contributed by atoms with Crippen molar-refractivity contribution in [2.24, 2.45) is 0 Å². The second-order valence-electron chi connectivity index (χ2n) is 7.69. The SMILES string of the molecule is O=C(NC1CCOC1)C1C=CC2=C(N1)N(C(=O)Nc1ccccn1)[C@H]1CCN2C1. The normalized spacial score (nSPS) is 27.5. The number of anilines is 1. The van der Waals surface area contributed by atoms with Gasteiger partial charge in [-0.15, -0.1) is 0 Å². The van der Waals surface area contributed by atoms with Gasteiger partial charge in [-0.1, -0.05) is 12.1 Å². The van der Waals surface area contributed by atoms with E-state index in [0.29, 0.717) is 24.9 Å². The van der Waals surface area contributed by atoms with E-state index in [1.807, 2.05) is 18.2 Å². The third-order valence-electron chi connectivity index (χ3n) is 5.77. The Balaban J connectivity index is 1.35. The first kappa shape index (κ1) is 18.0. The molecule has 1 aromatic heterocycles. The molecule has 2 bridgehead atoms. The second kappa shape index (κ2) is 7.40. The lowest BCUT2D eigenvalue weighted by Crippen LogP contribution is -2.56. The number of amides is 3. The van der Waals surface area contributed by atoms with Crippen molar-refractivity contribution in [1.29, 1.82) is 0 Å². The molecule has 2 saturated heterocycles. The third-order valence-corrected chi connectivity index (χ3v) is 5.77. The predicted molar refractivity (Wildman–Crippen MR) is 106 cm³/mol. The number of urea groups is 1. The lowest BCUT2D eigenvalue weighted by atomic mass is 10.1. The molecule has 4 aliphatic rings. The van der Waals surface area contributed by atoms with E-state index in [-0.39, 0.29) is 24.0 Å². The lowest BCUT2D eigenvalue weighted by Gasteiger charge is -2.40. The highest BCUT2D eigenvalue weighted by Gasteiger charge is 2.42. The van der Waals surface area contributed by atoms with Crippen molar-refractivity contribution >= 4 is 17.8 Å². The number of carbonyl (C=O) groups is 2. The number of pyridine rings is 1. The van der Waals surface area contributed by atoms with Crippen LogP contribution in [0.25, 0.3) is 0 Å². The van der Waals surface area contributed by atoms with E-state index in [1.54, 1.807) is 23.2 Å². The molecule has 0 saturated carbocycles. The van der Waals surface area contributed by atoms with Crippen molar-refractivity contribution in [3.05, 3.63) is 48.1 Å². The van der Waals surface area contributed by atoms with Gasteiger partial charge in [-0.05, 0) is 31.1 Å². The summed E-state index contributed by atoms with van der Waals surface area (Å²) in [5.41, 5.74) is 0.947. The maximum absolute atomic E-state index is 13.1. The summed E-state index contributed by atoms with van der Waals surface area (Å²) in [6, 6.07) is 4.72. The summed E-state index contributed by atoms with van der Waals surface area (Å²) >= 11 is 0. The van der Waals surface area contributed by atoms with Gasteiger partial charge < -0.3 is 20.3 Å². The fourth-order valence-electron chi connectivity index (χ4n) is 4.30. The summed E-state index contributed by atoms with van der Waals surface area (Å²) in [7, 11) is 0. The molecule has 4 aliphatic heterocycles. The summed E-state index contributed by atoms with van der Waals surface area (Å²) < 4.78 is 5.34. The van der Waals surface area contributed by atoms with Gasteiger partial charge in [0.2, 0.25) is 5.91 Å².